The normalized spacial score (nSPS) is 21.1. The van der Waals surface area contributed by atoms with Crippen molar-refractivity contribution < 1.29 is 33.0 Å². The van der Waals surface area contributed by atoms with Crippen molar-refractivity contribution in [2.75, 3.05) is 52.2 Å². The van der Waals surface area contributed by atoms with Crippen LogP contribution in [0.15, 0.2) is 30.3 Å². The van der Waals surface area contributed by atoms with Gasteiger partial charge in [0.15, 0.2) is 0 Å². The standard InChI is InChI=1S/C36H56N4O7S/c1-3-11-31(36(44)38-32(25-28-14-8-5-9-15-28)34(42)33(41)29-16-17-29)37-35(43)30(24-27-12-6-4-7-13-27)26-48(45,46)39(2)18-10-19-40-20-22-47-23-21-40/h1,4,6-7,12-13,28-34,41-42H,5,8-11,14-26H2,2H3,(H,37,43)(H,38,44)/t30-,31+,32+,33+,34-/m1/s1. The Kier molecular flexibility index (Phi) is 15.2. The van der Waals surface area contributed by atoms with Gasteiger partial charge in [-0.2, -0.15) is 0 Å². The number of aliphatic hydroxyl groups excluding tert-OH is 2. The van der Waals surface area contributed by atoms with Gasteiger partial charge in [0.1, 0.15) is 12.1 Å². The van der Waals surface area contributed by atoms with Crippen LogP contribution < -0.4 is 10.6 Å². The zero-order valence-electron chi connectivity index (χ0n) is 28.5. The average Bonchev–Trinajstić information content (AvgIpc) is 3.94. The first kappa shape index (κ1) is 38.3. The SMILES string of the molecule is C#CC[C@H](NC(=O)[C@H](Cc1ccccc1)CS(=O)(=O)N(C)CCCN1CCOCC1)C(=O)N[C@@H](CC1CCCCC1)[C@@H](O)[C@@H](O)C1CC1. The molecule has 268 valence electrons. The minimum Gasteiger partial charge on any atom is -0.390 e. The highest BCUT2D eigenvalue weighted by atomic mass is 32.2. The number of hydrogen-bond acceptors (Lipinski definition) is 8. The fourth-order valence-corrected chi connectivity index (χ4v) is 8.35. The molecule has 2 aliphatic carbocycles. The fraction of sp³-hybridized carbons (Fsp3) is 0.722. The molecule has 1 saturated heterocycles. The number of nitrogens with zero attached hydrogens (tertiary/aromatic N) is 2. The summed E-state index contributed by atoms with van der Waals surface area (Å²) in [6.45, 7) is 4.07. The molecule has 3 aliphatic rings. The number of rotatable bonds is 19. The number of carbonyl (C=O) groups excluding carboxylic acids is 2. The van der Waals surface area contributed by atoms with Gasteiger partial charge in [0.05, 0.1) is 37.0 Å². The molecule has 4 rings (SSSR count). The third-order valence-electron chi connectivity index (χ3n) is 10.1. The summed E-state index contributed by atoms with van der Waals surface area (Å²) in [5.41, 5.74) is 0.797. The van der Waals surface area contributed by atoms with Gasteiger partial charge in [-0.05, 0) is 56.0 Å². The van der Waals surface area contributed by atoms with E-state index in [1.54, 1.807) is 0 Å². The summed E-state index contributed by atoms with van der Waals surface area (Å²) in [7, 11) is -2.29. The number of terminal acetylenes is 1. The van der Waals surface area contributed by atoms with Crippen LogP contribution in [0.3, 0.4) is 0 Å². The Bertz CT molecular complexity index is 1290. The largest absolute Gasteiger partial charge is 0.390 e. The predicted octanol–water partition coefficient (Wildman–Crippen LogP) is 1.92. The number of sulfonamides is 1. The summed E-state index contributed by atoms with van der Waals surface area (Å²) < 4.78 is 33.8. The molecule has 0 radical (unpaired) electrons. The number of morpholine rings is 1. The minimum absolute atomic E-state index is 0.0187. The molecule has 0 aromatic heterocycles. The Hall–Kier alpha value is -2.53. The van der Waals surface area contributed by atoms with Crippen LogP contribution in [-0.4, -0.2) is 116 Å². The summed E-state index contributed by atoms with van der Waals surface area (Å²) in [4.78, 5) is 29.8. The Morgan fingerprint density at radius 3 is 2.38 bits per heavy atom. The molecule has 2 amide bonds. The van der Waals surface area contributed by atoms with Crippen LogP contribution in [0.25, 0.3) is 0 Å². The molecule has 1 heterocycles. The zero-order valence-corrected chi connectivity index (χ0v) is 29.3. The van der Waals surface area contributed by atoms with Gasteiger partial charge in [0.25, 0.3) is 0 Å². The first-order chi connectivity index (χ1) is 23.1. The lowest BCUT2D eigenvalue weighted by atomic mass is 9.82. The summed E-state index contributed by atoms with van der Waals surface area (Å²) >= 11 is 0. The number of ether oxygens (including phenoxy) is 1. The maximum absolute atomic E-state index is 13.8. The van der Waals surface area contributed by atoms with E-state index in [9.17, 15) is 28.2 Å². The highest BCUT2D eigenvalue weighted by Gasteiger charge is 2.40. The molecule has 1 aromatic carbocycles. The lowest BCUT2D eigenvalue weighted by molar-refractivity contribution is -0.132. The van der Waals surface area contributed by atoms with E-state index in [-0.39, 0.29) is 18.8 Å². The van der Waals surface area contributed by atoms with Gasteiger partial charge < -0.3 is 25.6 Å². The molecule has 3 fully saturated rings. The Morgan fingerprint density at radius 1 is 1.04 bits per heavy atom. The molecule has 2 saturated carbocycles. The molecule has 0 spiro atoms. The van der Waals surface area contributed by atoms with Crippen LogP contribution in [0.4, 0.5) is 0 Å². The van der Waals surface area contributed by atoms with Crippen LogP contribution in [0.2, 0.25) is 0 Å². The number of hydrogen-bond donors (Lipinski definition) is 4. The Morgan fingerprint density at radius 2 is 1.73 bits per heavy atom. The van der Waals surface area contributed by atoms with E-state index in [4.69, 9.17) is 11.2 Å². The van der Waals surface area contributed by atoms with Gasteiger partial charge in [0, 0.05) is 33.1 Å². The number of benzene rings is 1. The lowest BCUT2D eigenvalue weighted by Crippen LogP contribution is -2.56. The Balaban J connectivity index is 1.43. The number of amides is 2. The Labute approximate surface area is 287 Å². The molecule has 1 aromatic rings. The fourth-order valence-electron chi connectivity index (χ4n) is 6.91. The van der Waals surface area contributed by atoms with E-state index in [0.29, 0.717) is 38.5 Å². The van der Waals surface area contributed by atoms with Gasteiger partial charge in [-0.1, -0.05) is 62.4 Å². The molecule has 48 heavy (non-hydrogen) atoms. The van der Waals surface area contributed by atoms with E-state index >= 15 is 0 Å². The molecule has 4 N–H and O–H groups in total. The molecule has 1 aliphatic heterocycles. The average molecular weight is 689 g/mol. The molecular formula is C36H56N4O7S. The topological polar surface area (TPSA) is 149 Å². The smallest absolute Gasteiger partial charge is 0.243 e. The van der Waals surface area contributed by atoms with Crippen molar-refractivity contribution in [2.45, 2.75) is 94.9 Å². The van der Waals surface area contributed by atoms with Crippen LogP contribution >= 0.6 is 0 Å². The van der Waals surface area contributed by atoms with Crippen molar-refractivity contribution >= 4 is 21.8 Å². The minimum atomic E-state index is -3.83. The predicted molar refractivity (Wildman–Crippen MR) is 185 cm³/mol. The quantitative estimate of drug-likeness (QED) is 0.161. The number of nitrogens with one attached hydrogen (secondary N) is 2. The van der Waals surface area contributed by atoms with Crippen molar-refractivity contribution in [1.29, 1.82) is 0 Å². The van der Waals surface area contributed by atoms with Crippen LogP contribution in [-0.2, 0) is 30.8 Å². The molecule has 5 atom stereocenters. The van der Waals surface area contributed by atoms with Crippen molar-refractivity contribution in [3.63, 3.8) is 0 Å². The zero-order chi connectivity index (χ0) is 34.5. The van der Waals surface area contributed by atoms with E-state index < -0.39 is 57.8 Å². The number of aliphatic hydroxyl groups is 2. The van der Waals surface area contributed by atoms with Crippen LogP contribution in [0, 0.1) is 30.1 Å². The highest BCUT2D eigenvalue weighted by Crippen LogP contribution is 2.36. The summed E-state index contributed by atoms with van der Waals surface area (Å²) in [6.07, 6.45) is 11.8. The van der Waals surface area contributed by atoms with Gasteiger partial charge in [-0.15, -0.1) is 12.3 Å². The molecule has 11 nitrogen and oxygen atoms in total. The lowest BCUT2D eigenvalue weighted by Gasteiger charge is -2.33. The van der Waals surface area contributed by atoms with E-state index in [2.05, 4.69) is 21.5 Å². The first-order valence-electron chi connectivity index (χ1n) is 17.8. The van der Waals surface area contributed by atoms with Gasteiger partial charge in [0.2, 0.25) is 21.8 Å². The molecule has 12 heteroatoms. The third kappa shape index (κ3) is 12.1. The molecule has 0 unspecified atom stereocenters. The maximum Gasteiger partial charge on any atom is 0.243 e. The first-order valence-corrected chi connectivity index (χ1v) is 19.4. The summed E-state index contributed by atoms with van der Waals surface area (Å²) in [5, 5.41) is 27.6. The second kappa shape index (κ2) is 19.0. The monoisotopic (exact) mass is 688 g/mol. The van der Waals surface area contributed by atoms with Crippen molar-refractivity contribution in [1.82, 2.24) is 19.8 Å². The molecular weight excluding hydrogens is 632 g/mol. The van der Waals surface area contributed by atoms with Gasteiger partial charge in [-0.25, -0.2) is 12.7 Å². The third-order valence-corrected chi connectivity index (χ3v) is 12.1. The van der Waals surface area contributed by atoms with E-state index in [1.807, 2.05) is 30.3 Å². The van der Waals surface area contributed by atoms with E-state index in [0.717, 1.165) is 63.7 Å². The van der Waals surface area contributed by atoms with Crippen LogP contribution in [0.5, 0.6) is 0 Å². The van der Waals surface area contributed by atoms with Crippen molar-refractivity contribution in [2.24, 2.45) is 17.8 Å². The van der Waals surface area contributed by atoms with Gasteiger partial charge in [-0.3, -0.25) is 14.5 Å². The van der Waals surface area contributed by atoms with Gasteiger partial charge >= 0.3 is 0 Å². The summed E-state index contributed by atoms with van der Waals surface area (Å²) in [5.74, 6) is 0.265. The highest BCUT2D eigenvalue weighted by molar-refractivity contribution is 7.89. The maximum atomic E-state index is 13.8. The number of carbonyl (C=O) groups is 2. The van der Waals surface area contributed by atoms with Crippen molar-refractivity contribution in [3.05, 3.63) is 35.9 Å². The van der Waals surface area contributed by atoms with E-state index in [1.165, 1.54) is 17.8 Å². The summed E-state index contributed by atoms with van der Waals surface area (Å²) in [6, 6.07) is 7.37. The van der Waals surface area contributed by atoms with Crippen molar-refractivity contribution in [3.8, 4) is 12.3 Å². The second-order valence-electron chi connectivity index (χ2n) is 13.9. The molecule has 0 bridgehead atoms. The second-order valence-corrected chi connectivity index (χ2v) is 16.1. The van der Waals surface area contributed by atoms with Crippen LogP contribution in [0.1, 0.15) is 69.8 Å².